The number of hydrogen-bond acceptors (Lipinski definition) is 4. The Balaban J connectivity index is 2.83. The summed E-state index contributed by atoms with van der Waals surface area (Å²) in [6, 6.07) is 1.30. The number of carbonyl (C=O) groups is 1. The SMILES string of the molecule is C/C=C/CCNS(=O)(=O)c1ccsc1C(=O)O. The van der Waals surface area contributed by atoms with Gasteiger partial charge in [-0.3, -0.25) is 0 Å². The third-order valence-corrected chi connectivity index (χ3v) is 4.49. The van der Waals surface area contributed by atoms with Crippen molar-refractivity contribution in [3.8, 4) is 0 Å². The number of carboxylic acid groups (broad SMARTS) is 1. The van der Waals surface area contributed by atoms with Crippen LogP contribution in [0.4, 0.5) is 0 Å². The lowest BCUT2D eigenvalue weighted by Crippen LogP contribution is -2.25. The summed E-state index contributed by atoms with van der Waals surface area (Å²) in [5, 5.41) is 10.3. The van der Waals surface area contributed by atoms with Crippen LogP contribution in [-0.2, 0) is 10.0 Å². The van der Waals surface area contributed by atoms with Crippen LogP contribution in [0.15, 0.2) is 28.5 Å². The average molecular weight is 275 g/mol. The number of sulfonamides is 1. The van der Waals surface area contributed by atoms with Crippen LogP contribution in [0.25, 0.3) is 0 Å². The van der Waals surface area contributed by atoms with Gasteiger partial charge in [-0.15, -0.1) is 11.3 Å². The average Bonchev–Trinajstić information content (AvgIpc) is 2.74. The molecule has 17 heavy (non-hydrogen) atoms. The zero-order valence-corrected chi connectivity index (χ0v) is 10.8. The van der Waals surface area contributed by atoms with Crippen LogP contribution in [0.2, 0.25) is 0 Å². The number of rotatable bonds is 6. The molecule has 1 aromatic rings. The van der Waals surface area contributed by atoms with Crippen LogP contribution in [0.5, 0.6) is 0 Å². The molecular formula is C10H13NO4S2. The molecular weight excluding hydrogens is 262 g/mol. The molecule has 0 aliphatic rings. The third-order valence-electron chi connectivity index (χ3n) is 1.95. The van der Waals surface area contributed by atoms with E-state index in [1.807, 2.05) is 19.1 Å². The fourth-order valence-corrected chi connectivity index (χ4v) is 3.49. The van der Waals surface area contributed by atoms with Gasteiger partial charge in [-0.25, -0.2) is 17.9 Å². The van der Waals surface area contributed by atoms with Crippen molar-refractivity contribution in [3.05, 3.63) is 28.5 Å². The molecule has 0 aromatic carbocycles. The van der Waals surface area contributed by atoms with E-state index in [1.54, 1.807) is 0 Å². The van der Waals surface area contributed by atoms with Crippen LogP contribution in [0, 0.1) is 0 Å². The summed E-state index contributed by atoms with van der Waals surface area (Å²) < 4.78 is 25.9. The van der Waals surface area contributed by atoms with Crippen LogP contribution in [-0.4, -0.2) is 26.0 Å². The van der Waals surface area contributed by atoms with Crippen molar-refractivity contribution in [1.29, 1.82) is 0 Å². The smallest absolute Gasteiger partial charge is 0.347 e. The predicted molar refractivity (Wildman–Crippen MR) is 65.9 cm³/mol. The highest BCUT2D eigenvalue weighted by Crippen LogP contribution is 2.21. The second-order valence-corrected chi connectivity index (χ2v) is 5.83. The summed E-state index contributed by atoms with van der Waals surface area (Å²) in [5.41, 5.74) is 0. The fraction of sp³-hybridized carbons (Fsp3) is 0.300. The van der Waals surface area contributed by atoms with E-state index in [2.05, 4.69) is 4.72 Å². The van der Waals surface area contributed by atoms with E-state index in [9.17, 15) is 13.2 Å². The van der Waals surface area contributed by atoms with Gasteiger partial charge >= 0.3 is 5.97 Å². The predicted octanol–water partition coefficient (Wildman–Crippen LogP) is 1.69. The zero-order valence-electron chi connectivity index (χ0n) is 9.21. The van der Waals surface area contributed by atoms with Crippen LogP contribution in [0.1, 0.15) is 23.0 Å². The molecule has 0 unspecified atom stereocenters. The van der Waals surface area contributed by atoms with Gasteiger partial charge in [0.15, 0.2) is 0 Å². The maximum absolute atomic E-state index is 11.8. The van der Waals surface area contributed by atoms with Crippen molar-refractivity contribution in [2.45, 2.75) is 18.2 Å². The maximum atomic E-state index is 11.8. The van der Waals surface area contributed by atoms with E-state index in [-0.39, 0.29) is 16.3 Å². The highest BCUT2D eigenvalue weighted by Gasteiger charge is 2.22. The molecule has 7 heteroatoms. The normalized spacial score (nSPS) is 12.1. The summed E-state index contributed by atoms with van der Waals surface area (Å²) in [6.07, 6.45) is 4.22. The van der Waals surface area contributed by atoms with E-state index in [1.165, 1.54) is 11.4 Å². The van der Waals surface area contributed by atoms with Gasteiger partial charge in [-0.1, -0.05) is 12.2 Å². The van der Waals surface area contributed by atoms with Crippen molar-refractivity contribution in [3.63, 3.8) is 0 Å². The molecule has 0 saturated carbocycles. The van der Waals surface area contributed by atoms with Crippen molar-refractivity contribution in [2.24, 2.45) is 0 Å². The first-order valence-corrected chi connectivity index (χ1v) is 7.27. The standard InChI is InChI=1S/C10H13NO4S2/c1-2-3-4-6-11-17(14,15)8-5-7-16-9(8)10(12)13/h2-3,5,7,11H,4,6H2,1H3,(H,12,13)/b3-2+. The number of hydrogen-bond donors (Lipinski definition) is 2. The third kappa shape index (κ3) is 3.65. The summed E-state index contributed by atoms with van der Waals surface area (Å²) in [7, 11) is -3.73. The van der Waals surface area contributed by atoms with Crippen LogP contribution >= 0.6 is 11.3 Å². The summed E-state index contributed by atoms with van der Waals surface area (Å²) in [6.45, 7) is 2.09. The Kier molecular flexibility index (Phi) is 4.86. The maximum Gasteiger partial charge on any atom is 0.347 e. The lowest BCUT2D eigenvalue weighted by molar-refractivity contribution is 0.0698. The molecule has 0 bridgehead atoms. The minimum Gasteiger partial charge on any atom is -0.477 e. The van der Waals surface area contributed by atoms with E-state index in [0.717, 1.165) is 11.3 Å². The molecule has 0 spiro atoms. The van der Waals surface area contributed by atoms with Gasteiger partial charge in [0, 0.05) is 6.54 Å². The van der Waals surface area contributed by atoms with Crippen LogP contribution in [0.3, 0.4) is 0 Å². The van der Waals surface area contributed by atoms with Gasteiger partial charge < -0.3 is 5.11 Å². The van der Waals surface area contributed by atoms with E-state index < -0.39 is 16.0 Å². The van der Waals surface area contributed by atoms with Gasteiger partial charge in [0.25, 0.3) is 0 Å². The molecule has 0 fully saturated rings. The van der Waals surface area contributed by atoms with Crippen molar-refractivity contribution >= 4 is 27.3 Å². The number of allylic oxidation sites excluding steroid dienone is 1. The topological polar surface area (TPSA) is 83.5 Å². The number of carboxylic acids is 1. The molecule has 0 amide bonds. The molecule has 0 atom stereocenters. The molecule has 0 saturated heterocycles. The molecule has 94 valence electrons. The van der Waals surface area contributed by atoms with Gasteiger partial charge in [0.2, 0.25) is 10.0 Å². The Morgan fingerprint density at radius 2 is 2.29 bits per heavy atom. The monoisotopic (exact) mass is 275 g/mol. The summed E-state index contributed by atoms with van der Waals surface area (Å²) >= 11 is 0.896. The van der Waals surface area contributed by atoms with E-state index in [0.29, 0.717) is 6.42 Å². The largest absolute Gasteiger partial charge is 0.477 e. The van der Waals surface area contributed by atoms with Crippen LogP contribution < -0.4 is 4.72 Å². The molecule has 5 nitrogen and oxygen atoms in total. The van der Waals surface area contributed by atoms with Gasteiger partial charge in [-0.2, -0.15) is 0 Å². The first-order valence-electron chi connectivity index (χ1n) is 4.90. The molecule has 0 aliphatic carbocycles. The second-order valence-electron chi connectivity index (χ2n) is 3.17. The zero-order chi connectivity index (χ0) is 12.9. The Morgan fingerprint density at radius 1 is 1.59 bits per heavy atom. The molecule has 1 heterocycles. The minimum absolute atomic E-state index is 0.163. The first-order chi connectivity index (χ1) is 7.99. The molecule has 0 radical (unpaired) electrons. The summed E-state index contributed by atoms with van der Waals surface area (Å²) in [4.78, 5) is 10.5. The Morgan fingerprint density at radius 3 is 2.88 bits per heavy atom. The van der Waals surface area contributed by atoms with Gasteiger partial charge in [0.1, 0.15) is 9.77 Å². The fourth-order valence-electron chi connectivity index (χ4n) is 1.19. The van der Waals surface area contributed by atoms with Crippen molar-refractivity contribution < 1.29 is 18.3 Å². The minimum atomic E-state index is -3.73. The Bertz CT molecular complexity index is 516. The summed E-state index contributed by atoms with van der Waals surface area (Å²) in [5.74, 6) is -1.23. The number of nitrogens with one attached hydrogen (secondary N) is 1. The van der Waals surface area contributed by atoms with Gasteiger partial charge in [-0.05, 0) is 24.8 Å². The highest BCUT2D eigenvalue weighted by molar-refractivity contribution is 7.89. The van der Waals surface area contributed by atoms with Crippen molar-refractivity contribution in [2.75, 3.05) is 6.54 Å². The Labute approximate surface area is 104 Å². The van der Waals surface area contributed by atoms with E-state index in [4.69, 9.17) is 5.11 Å². The molecule has 1 aromatic heterocycles. The molecule has 2 N–H and O–H groups in total. The lowest BCUT2D eigenvalue weighted by Gasteiger charge is -2.04. The lowest BCUT2D eigenvalue weighted by atomic mass is 10.4. The first kappa shape index (κ1) is 13.9. The highest BCUT2D eigenvalue weighted by atomic mass is 32.2. The molecule has 0 aliphatic heterocycles. The molecule has 1 rings (SSSR count). The Hall–Kier alpha value is -1.18. The van der Waals surface area contributed by atoms with E-state index >= 15 is 0 Å². The second kappa shape index (κ2) is 5.95. The quantitative estimate of drug-likeness (QED) is 0.611. The number of aromatic carboxylic acids is 1. The van der Waals surface area contributed by atoms with Gasteiger partial charge in [0.05, 0.1) is 0 Å². The van der Waals surface area contributed by atoms with Crippen molar-refractivity contribution in [1.82, 2.24) is 4.72 Å². The number of thiophene rings is 1.